The van der Waals surface area contributed by atoms with E-state index in [0.717, 1.165) is 12.1 Å². The Morgan fingerprint density at radius 1 is 0.857 bits per heavy atom. The van der Waals surface area contributed by atoms with E-state index in [1.54, 1.807) is 0 Å². The van der Waals surface area contributed by atoms with Gasteiger partial charge in [0.05, 0.1) is 5.69 Å². The summed E-state index contributed by atoms with van der Waals surface area (Å²) in [5.41, 5.74) is 7.43. The molecule has 0 radical (unpaired) electrons. The average Bonchev–Trinajstić information content (AvgIpc) is 2.56. The summed E-state index contributed by atoms with van der Waals surface area (Å²) in [5, 5.41) is 0. The summed E-state index contributed by atoms with van der Waals surface area (Å²) in [6.07, 6.45) is 2.87. The van der Waals surface area contributed by atoms with Gasteiger partial charge in [-0.1, -0.05) is 61.5 Å². The molecule has 0 spiro atoms. The first-order valence-electron chi connectivity index (χ1n) is 7.40. The number of nitrogens with zero attached hydrogens (tertiary/aromatic N) is 1. The smallest absolute Gasteiger partial charge is 0.0733 e. The second-order valence-electron chi connectivity index (χ2n) is 5.26. The van der Waals surface area contributed by atoms with Crippen LogP contribution in [0.1, 0.15) is 18.1 Å². The number of hydrogen-bond acceptors (Lipinski definition) is 1. The Bertz CT molecular complexity index is 745. The van der Waals surface area contributed by atoms with Gasteiger partial charge < -0.3 is 0 Å². The van der Waals surface area contributed by atoms with Crippen molar-refractivity contribution >= 4 is 0 Å². The van der Waals surface area contributed by atoms with E-state index in [1.165, 1.54) is 27.8 Å². The Balaban J connectivity index is 2.11. The summed E-state index contributed by atoms with van der Waals surface area (Å²) < 4.78 is 0. The summed E-state index contributed by atoms with van der Waals surface area (Å²) in [6.45, 7) is 4.32. The van der Waals surface area contributed by atoms with Gasteiger partial charge in [0.2, 0.25) is 0 Å². The van der Waals surface area contributed by atoms with Gasteiger partial charge in [-0.15, -0.1) is 0 Å². The van der Waals surface area contributed by atoms with Crippen molar-refractivity contribution in [2.75, 3.05) is 0 Å². The maximum Gasteiger partial charge on any atom is 0.0733 e. The standard InChI is InChI=1S/C20H19N/c1-3-16-14-18(17-9-5-4-6-10-17)11-12-19(16)20-15(2)8-7-13-21-20/h4-14H,3H2,1-2H3. The molecule has 0 aliphatic heterocycles. The average molecular weight is 273 g/mol. The second kappa shape index (κ2) is 5.92. The van der Waals surface area contributed by atoms with E-state index >= 15 is 0 Å². The van der Waals surface area contributed by atoms with Crippen LogP contribution in [0.2, 0.25) is 0 Å². The highest BCUT2D eigenvalue weighted by Gasteiger charge is 2.09. The lowest BCUT2D eigenvalue weighted by atomic mass is 9.94. The van der Waals surface area contributed by atoms with Gasteiger partial charge in [0.25, 0.3) is 0 Å². The fourth-order valence-electron chi connectivity index (χ4n) is 2.70. The highest BCUT2D eigenvalue weighted by molar-refractivity contribution is 5.73. The zero-order chi connectivity index (χ0) is 14.7. The summed E-state index contributed by atoms with van der Waals surface area (Å²) >= 11 is 0. The maximum absolute atomic E-state index is 4.56. The van der Waals surface area contributed by atoms with Crippen molar-refractivity contribution in [3.63, 3.8) is 0 Å². The molecule has 0 fully saturated rings. The Morgan fingerprint density at radius 2 is 1.67 bits per heavy atom. The van der Waals surface area contributed by atoms with Crippen molar-refractivity contribution < 1.29 is 0 Å². The third kappa shape index (κ3) is 2.73. The van der Waals surface area contributed by atoms with Crippen molar-refractivity contribution in [1.82, 2.24) is 4.98 Å². The van der Waals surface area contributed by atoms with Gasteiger partial charge >= 0.3 is 0 Å². The molecule has 0 bridgehead atoms. The maximum atomic E-state index is 4.56. The van der Waals surface area contributed by atoms with E-state index in [0.29, 0.717) is 0 Å². The van der Waals surface area contributed by atoms with E-state index in [4.69, 9.17) is 0 Å². The molecule has 0 aliphatic carbocycles. The molecule has 0 N–H and O–H groups in total. The molecule has 1 heteroatoms. The zero-order valence-electron chi connectivity index (χ0n) is 12.5. The van der Waals surface area contributed by atoms with Crippen molar-refractivity contribution in [3.05, 3.63) is 78.0 Å². The normalized spacial score (nSPS) is 10.6. The minimum Gasteiger partial charge on any atom is -0.256 e. The van der Waals surface area contributed by atoms with Gasteiger partial charge in [-0.2, -0.15) is 0 Å². The van der Waals surface area contributed by atoms with Gasteiger partial charge in [-0.3, -0.25) is 4.98 Å². The first kappa shape index (κ1) is 13.6. The van der Waals surface area contributed by atoms with E-state index in [1.807, 2.05) is 12.3 Å². The molecule has 1 aromatic heterocycles. The van der Waals surface area contributed by atoms with Crippen molar-refractivity contribution in [1.29, 1.82) is 0 Å². The SMILES string of the molecule is CCc1cc(-c2ccccc2)ccc1-c1ncccc1C. The molecule has 104 valence electrons. The van der Waals surface area contributed by atoms with Crippen LogP contribution in [0.5, 0.6) is 0 Å². The monoisotopic (exact) mass is 273 g/mol. The highest BCUT2D eigenvalue weighted by atomic mass is 14.7. The van der Waals surface area contributed by atoms with E-state index in [-0.39, 0.29) is 0 Å². The fourth-order valence-corrected chi connectivity index (χ4v) is 2.70. The third-order valence-corrected chi connectivity index (χ3v) is 3.86. The number of hydrogen-bond donors (Lipinski definition) is 0. The van der Waals surface area contributed by atoms with E-state index in [2.05, 4.69) is 73.4 Å². The van der Waals surface area contributed by atoms with E-state index in [9.17, 15) is 0 Å². The Hall–Kier alpha value is -2.41. The molecule has 0 atom stereocenters. The first-order valence-corrected chi connectivity index (χ1v) is 7.40. The molecule has 0 saturated carbocycles. The van der Waals surface area contributed by atoms with Crippen LogP contribution in [0.25, 0.3) is 22.4 Å². The molecular formula is C20H19N. The fraction of sp³-hybridized carbons (Fsp3) is 0.150. The third-order valence-electron chi connectivity index (χ3n) is 3.86. The molecule has 0 amide bonds. The number of aromatic nitrogens is 1. The molecule has 2 aromatic carbocycles. The number of benzene rings is 2. The van der Waals surface area contributed by atoms with Gasteiger partial charge in [-0.05, 0) is 41.7 Å². The number of rotatable bonds is 3. The van der Waals surface area contributed by atoms with Gasteiger partial charge in [0.15, 0.2) is 0 Å². The van der Waals surface area contributed by atoms with Gasteiger partial charge in [-0.25, -0.2) is 0 Å². The van der Waals surface area contributed by atoms with Crippen LogP contribution in [0.3, 0.4) is 0 Å². The molecule has 3 rings (SSSR count). The Morgan fingerprint density at radius 3 is 2.38 bits per heavy atom. The lowest BCUT2D eigenvalue weighted by Gasteiger charge is -2.12. The van der Waals surface area contributed by atoms with Crippen LogP contribution >= 0.6 is 0 Å². The molecule has 3 aromatic rings. The minimum atomic E-state index is 1.01. The lowest BCUT2D eigenvalue weighted by molar-refractivity contribution is 1.13. The van der Waals surface area contributed by atoms with Crippen LogP contribution in [0.4, 0.5) is 0 Å². The zero-order valence-corrected chi connectivity index (χ0v) is 12.5. The highest BCUT2D eigenvalue weighted by Crippen LogP contribution is 2.29. The van der Waals surface area contributed by atoms with Crippen molar-refractivity contribution in [2.24, 2.45) is 0 Å². The van der Waals surface area contributed by atoms with Crippen LogP contribution in [-0.4, -0.2) is 4.98 Å². The molecule has 0 unspecified atom stereocenters. The minimum absolute atomic E-state index is 1.01. The number of pyridine rings is 1. The molecule has 1 nitrogen and oxygen atoms in total. The predicted molar refractivity (Wildman–Crippen MR) is 89.2 cm³/mol. The number of aryl methyl sites for hydroxylation is 2. The molecule has 0 saturated heterocycles. The lowest BCUT2D eigenvalue weighted by Crippen LogP contribution is -1.93. The largest absolute Gasteiger partial charge is 0.256 e. The van der Waals surface area contributed by atoms with Crippen LogP contribution in [0.15, 0.2) is 66.9 Å². The van der Waals surface area contributed by atoms with Gasteiger partial charge in [0.1, 0.15) is 0 Å². The van der Waals surface area contributed by atoms with Crippen LogP contribution in [0, 0.1) is 6.92 Å². The van der Waals surface area contributed by atoms with Gasteiger partial charge in [0, 0.05) is 11.8 Å². The van der Waals surface area contributed by atoms with Crippen LogP contribution < -0.4 is 0 Å². The molecule has 21 heavy (non-hydrogen) atoms. The second-order valence-corrected chi connectivity index (χ2v) is 5.26. The Kier molecular flexibility index (Phi) is 3.83. The van der Waals surface area contributed by atoms with Crippen molar-refractivity contribution in [3.8, 4) is 22.4 Å². The van der Waals surface area contributed by atoms with Crippen LogP contribution in [-0.2, 0) is 6.42 Å². The summed E-state index contributed by atoms with van der Waals surface area (Å²) in [4.78, 5) is 4.56. The summed E-state index contributed by atoms with van der Waals surface area (Å²) in [6, 6.07) is 21.3. The molecule has 1 heterocycles. The predicted octanol–water partition coefficient (Wildman–Crippen LogP) is 5.29. The topological polar surface area (TPSA) is 12.9 Å². The quantitative estimate of drug-likeness (QED) is 0.632. The summed E-state index contributed by atoms with van der Waals surface area (Å²) in [7, 11) is 0. The van der Waals surface area contributed by atoms with Crippen molar-refractivity contribution in [2.45, 2.75) is 20.3 Å². The van der Waals surface area contributed by atoms with E-state index < -0.39 is 0 Å². The summed E-state index contributed by atoms with van der Waals surface area (Å²) in [5.74, 6) is 0. The molecular weight excluding hydrogens is 254 g/mol. The molecule has 0 aliphatic rings. The first-order chi connectivity index (χ1) is 10.3. The Labute approximate surface area is 126 Å².